The van der Waals surface area contributed by atoms with Crippen LogP contribution in [-0.2, 0) is 9.53 Å². The molecule has 0 aromatic rings. The average molecular weight is 310 g/mol. The molecule has 5 heteroatoms. The second-order valence-corrected chi connectivity index (χ2v) is 7.61. The van der Waals surface area contributed by atoms with E-state index in [1.165, 1.54) is 19.3 Å². The van der Waals surface area contributed by atoms with Gasteiger partial charge in [-0.25, -0.2) is 4.79 Å². The molecule has 1 N–H and O–H groups in total. The fourth-order valence-electron chi connectivity index (χ4n) is 3.25. The van der Waals surface area contributed by atoms with Crippen molar-refractivity contribution in [3.8, 4) is 0 Å². The van der Waals surface area contributed by atoms with Gasteiger partial charge in [0.2, 0.25) is 5.91 Å². The normalized spacial score (nSPS) is 24.0. The number of nitrogens with one attached hydrogen (secondary N) is 1. The molecule has 2 amide bonds. The summed E-state index contributed by atoms with van der Waals surface area (Å²) in [5.74, 6) is 0.0170. The lowest BCUT2D eigenvalue weighted by Crippen LogP contribution is -2.48. The van der Waals surface area contributed by atoms with Gasteiger partial charge in [-0.15, -0.1) is 0 Å². The van der Waals surface area contributed by atoms with E-state index < -0.39 is 5.60 Å². The Kier molecular flexibility index (Phi) is 5.70. The summed E-state index contributed by atoms with van der Waals surface area (Å²) in [5, 5.41) is 3.18. The molecule has 2 fully saturated rings. The molecule has 0 bridgehead atoms. The lowest BCUT2D eigenvalue weighted by molar-refractivity contribution is -0.127. The van der Waals surface area contributed by atoms with Crippen LogP contribution in [0.3, 0.4) is 0 Å². The Bertz CT molecular complexity index is 397. The van der Waals surface area contributed by atoms with Gasteiger partial charge in [0.1, 0.15) is 5.60 Å². The highest BCUT2D eigenvalue weighted by Crippen LogP contribution is 2.22. The van der Waals surface area contributed by atoms with Crippen molar-refractivity contribution in [3.05, 3.63) is 0 Å². The third-order valence-corrected chi connectivity index (χ3v) is 4.40. The van der Waals surface area contributed by atoms with E-state index in [2.05, 4.69) is 5.32 Å². The molecular weight excluding hydrogens is 280 g/mol. The summed E-state index contributed by atoms with van der Waals surface area (Å²) < 4.78 is 5.41. The Morgan fingerprint density at radius 1 is 1.05 bits per heavy atom. The molecule has 0 spiro atoms. The molecular formula is C17H30N2O3. The molecule has 5 nitrogen and oxygen atoms in total. The minimum Gasteiger partial charge on any atom is -0.444 e. The van der Waals surface area contributed by atoms with Crippen LogP contribution in [0.15, 0.2) is 0 Å². The SMILES string of the molecule is CC(C)(C)OC(=O)N1CCC[C@@H](C(=O)NC2CCCCC2)C1. The van der Waals surface area contributed by atoms with E-state index in [4.69, 9.17) is 4.74 Å². The van der Waals surface area contributed by atoms with Gasteiger partial charge in [-0.1, -0.05) is 19.3 Å². The number of ether oxygens (including phenoxy) is 1. The zero-order valence-electron chi connectivity index (χ0n) is 14.2. The van der Waals surface area contributed by atoms with E-state index in [1.54, 1.807) is 4.90 Å². The maximum atomic E-state index is 12.4. The minimum atomic E-state index is -0.492. The predicted molar refractivity (Wildman–Crippen MR) is 85.5 cm³/mol. The molecule has 1 atom stereocenters. The van der Waals surface area contributed by atoms with Crippen LogP contribution in [0.1, 0.15) is 65.7 Å². The van der Waals surface area contributed by atoms with Gasteiger partial charge in [0.15, 0.2) is 0 Å². The van der Waals surface area contributed by atoms with Crippen molar-refractivity contribution in [2.24, 2.45) is 5.92 Å². The monoisotopic (exact) mass is 310 g/mol. The van der Waals surface area contributed by atoms with Crippen LogP contribution in [0.5, 0.6) is 0 Å². The summed E-state index contributed by atoms with van der Waals surface area (Å²) in [4.78, 5) is 26.3. The highest BCUT2D eigenvalue weighted by Gasteiger charge is 2.31. The van der Waals surface area contributed by atoms with Crippen LogP contribution < -0.4 is 5.32 Å². The highest BCUT2D eigenvalue weighted by atomic mass is 16.6. The van der Waals surface area contributed by atoms with Crippen molar-refractivity contribution in [1.29, 1.82) is 0 Å². The maximum Gasteiger partial charge on any atom is 0.410 e. The molecule has 0 unspecified atom stereocenters. The summed E-state index contributed by atoms with van der Waals surface area (Å²) >= 11 is 0. The molecule has 1 aliphatic heterocycles. The van der Waals surface area contributed by atoms with Crippen molar-refractivity contribution >= 4 is 12.0 Å². The van der Waals surface area contributed by atoms with Gasteiger partial charge < -0.3 is 15.0 Å². The van der Waals surface area contributed by atoms with E-state index in [1.807, 2.05) is 20.8 Å². The summed E-state index contributed by atoms with van der Waals surface area (Å²) in [6.45, 7) is 6.75. The fraction of sp³-hybridized carbons (Fsp3) is 0.882. The Labute approximate surface area is 133 Å². The molecule has 0 radical (unpaired) electrons. The van der Waals surface area contributed by atoms with Gasteiger partial charge >= 0.3 is 6.09 Å². The summed E-state index contributed by atoms with van der Waals surface area (Å²) in [6.07, 6.45) is 7.30. The zero-order chi connectivity index (χ0) is 16.2. The van der Waals surface area contributed by atoms with Crippen molar-refractivity contribution in [2.45, 2.75) is 77.4 Å². The average Bonchev–Trinajstić information content (AvgIpc) is 2.46. The number of hydrogen-bond acceptors (Lipinski definition) is 3. The third kappa shape index (κ3) is 5.18. The number of piperidine rings is 1. The lowest BCUT2D eigenvalue weighted by atomic mass is 9.93. The van der Waals surface area contributed by atoms with Gasteiger partial charge in [0.05, 0.1) is 5.92 Å². The van der Waals surface area contributed by atoms with Crippen LogP contribution in [0.2, 0.25) is 0 Å². The molecule has 22 heavy (non-hydrogen) atoms. The summed E-state index contributed by atoms with van der Waals surface area (Å²) in [7, 11) is 0. The van der Waals surface area contributed by atoms with Crippen LogP contribution >= 0.6 is 0 Å². The molecule has 126 valence electrons. The number of carbonyl (C=O) groups is 2. The van der Waals surface area contributed by atoms with E-state index in [0.717, 1.165) is 25.7 Å². The smallest absolute Gasteiger partial charge is 0.410 e. The second kappa shape index (κ2) is 7.34. The topological polar surface area (TPSA) is 58.6 Å². The van der Waals surface area contributed by atoms with Gasteiger partial charge in [-0.3, -0.25) is 4.79 Å². The van der Waals surface area contributed by atoms with Crippen molar-refractivity contribution < 1.29 is 14.3 Å². The first-order valence-corrected chi connectivity index (χ1v) is 8.63. The number of carbonyl (C=O) groups excluding carboxylic acids is 2. The third-order valence-electron chi connectivity index (χ3n) is 4.40. The lowest BCUT2D eigenvalue weighted by Gasteiger charge is -2.34. The Morgan fingerprint density at radius 2 is 1.73 bits per heavy atom. The van der Waals surface area contributed by atoms with Gasteiger partial charge in [-0.2, -0.15) is 0 Å². The molecule has 1 saturated carbocycles. The molecule has 2 rings (SSSR count). The van der Waals surface area contributed by atoms with Gasteiger partial charge in [0.25, 0.3) is 0 Å². The Hall–Kier alpha value is -1.26. The molecule has 1 aliphatic carbocycles. The van der Waals surface area contributed by atoms with Crippen molar-refractivity contribution in [1.82, 2.24) is 10.2 Å². The molecule has 1 heterocycles. The van der Waals surface area contributed by atoms with Crippen LogP contribution in [0.25, 0.3) is 0 Å². The molecule has 0 aromatic heterocycles. The fourth-order valence-corrected chi connectivity index (χ4v) is 3.25. The quantitative estimate of drug-likeness (QED) is 0.852. The number of likely N-dealkylation sites (tertiary alicyclic amines) is 1. The Morgan fingerprint density at radius 3 is 2.36 bits per heavy atom. The molecule has 2 aliphatic rings. The highest BCUT2D eigenvalue weighted by molar-refractivity contribution is 5.80. The zero-order valence-corrected chi connectivity index (χ0v) is 14.2. The number of hydrogen-bond donors (Lipinski definition) is 1. The van der Waals surface area contributed by atoms with Crippen molar-refractivity contribution in [2.75, 3.05) is 13.1 Å². The second-order valence-electron chi connectivity index (χ2n) is 7.61. The van der Waals surface area contributed by atoms with Crippen molar-refractivity contribution in [3.63, 3.8) is 0 Å². The van der Waals surface area contributed by atoms with Gasteiger partial charge in [0, 0.05) is 19.1 Å². The summed E-state index contributed by atoms with van der Waals surface area (Å²) in [5.41, 5.74) is -0.492. The van der Waals surface area contributed by atoms with E-state index in [9.17, 15) is 9.59 Å². The first-order valence-electron chi connectivity index (χ1n) is 8.63. The molecule has 1 saturated heterocycles. The first-order chi connectivity index (χ1) is 10.3. The van der Waals surface area contributed by atoms with E-state index >= 15 is 0 Å². The van der Waals surface area contributed by atoms with Gasteiger partial charge in [-0.05, 0) is 46.5 Å². The predicted octanol–water partition coefficient (Wildman–Crippen LogP) is 3.08. The van der Waals surface area contributed by atoms with Crippen LogP contribution in [0.4, 0.5) is 4.79 Å². The van der Waals surface area contributed by atoms with Crippen LogP contribution in [0, 0.1) is 5.92 Å². The largest absolute Gasteiger partial charge is 0.444 e. The standard InChI is InChI=1S/C17H30N2O3/c1-17(2,3)22-16(21)19-11-7-8-13(12-19)15(20)18-14-9-5-4-6-10-14/h13-14H,4-12H2,1-3H3,(H,18,20)/t13-/m1/s1. The van der Waals surface area contributed by atoms with Crippen LogP contribution in [-0.4, -0.2) is 41.6 Å². The maximum absolute atomic E-state index is 12.4. The first kappa shape index (κ1) is 17.1. The Balaban J connectivity index is 1.84. The molecule has 0 aromatic carbocycles. The van der Waals surface area contributed by atoms with E-state index in [-0.39, 0.29) is 17.9 Å². The summed E-state index contributed by atoms with van der Waals surface area (Å²) in [6, 6.07) is 0.332. The number of nitrogens with zero attached hydrogens (tertiary/aromatic N) is 1. The minimum absolute atomic E-state index is 0.0943. The number of amides is 2. The number of rotatable bonds is 2. The van der Waals surface area contributed by atoms with E-state index in [0.29, 0.717) is 19.1 Å².